The first-order valence-electron chi connectivity index (χ1n) is 3.90. The standard InChI is InChI=1S/C8H14N2O2S/c1-6(5-9)8(10,7(11)12)3-4-13-2/h6H,3-4,10H2,1-2H3,(H,11,12). The number of nitrogens with two attached hydrogens (primary N) is 1. The largest absolute Gasteiger partial charge is 0.480 e. The van der Waals surface area contributed by atoms with Crippen molar-refractivity contribution in [2.45, 2.75) is 18.9 Å². The fourth-order valence-corrected chi connectivity index (χ4v) is 1.44. The molecule has 0 aromatic carbocycles. The molecule has 74 valence electrons. The minimum Gasteiger partial charge on any atom is -0.480 e. The minimum absolute atomic E-state index is 0.318. The van der Waals surface area contributed by atoms with Gasteiger partial charge in [-0.05, 0) is 25.4 Å². The molecule has 0 spiro atoms. The van der Waals surface area contributed by atoms with Crippen molar-refractivity contribution in [3.8, 4) is 6.07 Å². The van der Waals surface area contributed by atoms with Gasteiger partial charge in [-0.2, -0.15) is 17.0 Å². The predicted octanol–water partition coefficient (Wildman–Crippen LogP) is 0.681. The third-order valence-corrected chi connectivity index (χ3v) is 2.70. The van der Waals surface area contributed by atoms with E-state index in [4.69, 9.17) is 16.1 Å². The number of thioether (sulfide) groups is 1. The predicted molar refractivity (Wildman–Crippen MR) is 52.3 cm³/mol. The monoisotopic (exact) mass is 202 g/mol. The summed E-state index contributed by atoms with van der Waals surface area (Å²) in [6, 6.07) is 1.88. The second-order valence-electron chi connectivity index (χ2n) is 2.94. The number of carboxylic acid groups (broad SMARTS) is 1. The van der Waals surface area contributed by atoms with Crippen LogP contribution in [-0.2, 0) is 4.79 Å². The molecule has 2 unspecified atom stereocenters. The quantitative estimate of drug-likeness (QED) is 0.684. The van der Waals surface area contributed by atoms with Gasteiger partial charge in [0.2, 0.25) is 0 Å². The van der Waals surface area contributed by atoms with Gasteiger partial charge >= 0.3 is 5.97 Å². The van der Waals surface area contributed by atoms with Crippen molar-refractivity contribution in [1.82, 2.24) is 0 Å². The summed E-state index contributed by atoms with van der Waals surface area (Å²) < 4.78 is 0. The summed E-state index contributed by atoms with van der Waals surface area (Å²) in [5, 5.41) is 17.5. The van der Waals surface area contributed by atoms with Gasteiger partial charge < -0.3 is 10.8 Å². The Morgan fingerprint density at radius 3 is 2.69 bits per heavy atom. The molecule has 3 N–H and O–H groups in total. The second kappa shape index (κ2) is 5.10. The molecular weight excluding hydrogens is 188 g/mol. The lowest BCUT2D eigenvalue weighted by atomic mass is 9.85. The molecule has 0 aliphatic rings. The van der Waals surface area contributed by atoms with E-state index in [1.165, 1.54) is 18.7 Å². The number of aliphatic carboxylic acids is 1. The van der Waals surface area contributed by atoms with Crippen molar-refractivity contribution in [3.63, 3.8) is 0 Å². The Morgan fingerprint density at radius 2 is 2.38 bits per heavy atom. The molecule has 0 radical (unpaired) electrons. The van der Waals surface area contributed by atoms with Crippen LogP contribution in [0.3, 0.4) is 0 Å². The summed E-state index contributed by atoms with van der Waals surface area (Å²) in [5.74, 6) is -1.12. The molecule has 2 atom stereocenters. The normalized spacial score (nSPS) is 17.1. The first kappa shape index (κ1) is 12.3. The molecule has 0 aromatic rings. The van der Waals surface area contributed by atoms with Crippen molar-refractivity contribution in [2.24, 2.45) is 11.7 Å². The molecule has 0 aromatic heterocycles. The summed E-state index contributed by atoms with van der Waals surface area (Å²) in [6.45, 7) is 1.54. The molecule has 4 nitrogen and oxygen atoms in total. The molecule has 13 heavy (non-hydrogen) atoms. The van der Waals surface area contributed by atoms with Crippen LogP contribution in [-0.4, -0.2) is 28.6 Å². The number of nitriles is 1. The van der Waals surface area contributed by atoms with Crippen LogP contribution in [0.15, 0.2) is 0 Å². The minimum atomic E-state index is -1.41. The fraction of sp³-hybridized carbons (Fsp3) is 0.750. The van der Waals surface area contributed by atoms with E-state index in [1.807, 2.05) is 12.3 Å². The molecule has 0 aliphatic heterocycles. The Hall–Kier alpha value is -0.730. The van der Waals surface area contributed by atoms with Gasteiger partial charge in [0.25, 0.3) is 0 Å². The van der Waals surface area contributed by atoms with Crippen molar-refractivity contribution in [2.75, 3.05) is 12.0 Å². The maximum absolute atomic E-state index is 10.8. The zero-order valence-electron chi connectivity index (χ0n) is 7.78. The van der Waals surface area contributed by atoms with Crippen molar-refractivity contribution in [3.05, 3.63) is 0 Å². The van der Waals surface area contributed by atoms with Gasteiger partial charge in [-0.25, -0.2) is 0 Å². The van der Waals surface area contributed by atoms with E-state index in [9.17, 15) is 4.79 Å². The summed E-state index contributed by atoms with van der Waals surface area (Å²) in [7, 11) is 0. The van der Waals surface area contributed by atoms with E-state index in [-0.39, 0.29) is 0 Å². The maximum atomic E-state index is 10.8. The molecule has 0 fully saturated rings. The molecular formula is C8H14N2O2S. The average molecular weight is 202 g/mol. The Bertz CT molecular complexity index is 227. The van der Waals surface area contributed by atoms with Crippen molar-refractivity contribution < 1.29 is 9.90 Å². The lowest BCUT2D eigenvalue weighted by Gasteiger charge is -2.26. The van der Waals surface area contributed by atoms with Gasteiger partial charge in [-0.3, -0.25) is 4.79 Å². The number of carboxylic acids is 1. The number of hydrogen-bond donors (Lipinski definition) is 2. The average Bonchev–Trinajstić information content (AvgIpc) is 2.12. The van der Waals surface area contributed by atoms with Gasteiger partial charge in [0.05, 0.1) is 12.0 Å². The highest BCUT2D eigenvalue weighted by atomic mass is 32.2. The van der Waals surface area contributed by atoms with E-state index in [2.05, 4.69) is 0 Å². The van der Waals surface area contributed by atoms with Crippen LogP contribution in [0, 0.1) is 17.2 Å². The molecule has 0 heterocycles. The van der Waals surface area contributed by atoms with E-state index in [0.29, 0.717) is 12.2 Å². The Labute approximate surface area is 82.1 Å². The smallest absolute Gasteiger partial charge is 0.325 e. The third kappa shape index (κ3) is 2.90. The highest BCUT2D eigenvalue weighted by Gasteiger charge is 2.39. The van der Waals surface area contributed by atoms with Crippen LogP contribution in [0.5, 0.6) is 0 Å². The highest BCUT2D eigenvalue weighted by Crippen LogP contribution is 2.20. The van der Waals surface area contributed by atoms with Crippen molar-refractivity contribution in [1.29, 1.82) is 5.26 Å². The Balaban J connectivity index is 4.54. The summed E-state index contributed by atoms with van der Waals surface area (Å²) in [4.78, 5) is 10.8. The highest BCUT2D eigenvalue weighted by molar-refractivity contribution is 7.98. The SMILES string of the molecule is CSCCC(N)(C(=O)O)C(C)C#N. The van der Waals surface area contributed by atoms with Crippen LogP contribution in [0.4, 0.5) is 0 Å². The maximum Gasteiger partial charge on any atom is 0.325 e. The Kier molecular flexibility index (Phi) is 4.81. The zero-order valence-corrected chi connectivity index (χ0v) is 8.60. The van der Waals surface area contributed by atoms with Crippen LogP contribution in [0.25, 0.3) is 0 Å². The van der Waals surface area contributed by atoms with Gasteiger partial charge in [0, 0.05) is 0 Å². The second-order valence-corrected chi connectivity index (χ2v) is 3.92. The van der Waals surface area contributed by atoms with E-state index in [0.717, 1.165) is 0 Å². The summed E-state index contributed by atoms with van der Waals surface area (Å²) >= 11 is 1.52. The van der Waals surface area contributed by atoms with Gasteiger partial charge in [0.15, 0.2) is 0 Å². The first-order valence-corrected chi connectivity index (χ1v) is 5.29. The topological polar surface area (TPSA) is 87.1 Å². The molecule has 5 heteroatoms. The van der Waals surface area contributed by atoms with E-state index >= 15 is 0 Å². The van der Waals surface area contributed by atoms with Gasteiger partial charge in [-0.1, -0.05) is 0 Å². The van der Waals surface area contributed by atoms with E-state index < -0.39 is 17.4 Å². The molecule has 0 aliphatic carbocycles. The number of hydrogen-bond acceptors (Lipinski definition) is 4. The van der Waals surface area contributed by atoms with E-state index in [1.54, 1.807) is 0 Å². The summed E-state index contributed by atoms with van der Waals surface area (Å²) in [6.07, 6.45) is 2.19. The van der Waals surface area contributed by atoms with Crippen molar-refractivity contribution >= 4 is 17.7 Å². The van der Waals surface area contributed by atoms with Gasteiger partial charge in [0.1, 0.15) is 5.54 Å². The number of rotatable bonds is 5. The number of carbonyl (C=O) groups is 1. The molecule has 0 rings (SSSR count). The molecule has 0 amide bonds. The fourth-order valence-electron chi connectivity index (χ4n) is 0.895. The third-order valence-electron chi connectivity index (χ3n) is 2.08. The van der Waals surface area contributed by atoms with Crippen LogP contribution in [0.2, 0.25) is 0 Å². The lowest BCUT2D eigenvalue weighted by Crippen LogP contribution is -2.53. The molecule has 0 saturated carbocycles. The van der Waals surface area contributed by atoms with Crippen LogP contribution < -0.4 is 5.73 Å². The molecule has 0 saturated heterocycles. The zero-order chi connectivity index (χ0) is 10.5. The lowest BCUT2D eigenvalue weighted by molar-refractivity contribution is -0.144. The van der Waals surface area contributed by atoms with Crippen LogP contribution in [0.1, 0.15) is 13.3 Å². The first-order chi connectivity index (χ1) is 5.99. The van der Waals surface area contributed by atoms with Gasteiger partial charge in [-0.15, -0.1) is 0 Å². The summed E-state index contributed by atoms with van der Waals surface area (Å²) in [5.41, 5.74) is 4.24. The number of nitrogens with zero attached hydrogens (tertiary/aromatic N) is 1. The molecule has 0 bridgehead atoms. The van der Waals surface area contributed by atoms with Crippen LogP contribution >= 0.6 is 11.8 Å². The Morgan fingerprint density at radius 1 is 1.85 bits per heavy atom.